The van der Waals surface area contributed by atoms with Gasteiger partial charge in [-0.15, -0.1) is 5.92 Å². The quantitative estimate of drug-likeness (QED) is 0.394. The molecule has 1 rings (SSSR count). The highest BCUT2D eigenvalue weighted by Gasteiger charge is 2.12. The molecule has 0 aromatic carbocycles. The van der Waals surface area contributed by atoms with E-state index in [0.717, 1.165) is 19.6 Å². The lowest BCUT2D eigenvalue weighted by Crippen LogP contribution is -2.46. The van der Waals surface area contributed by atoms with Crippen molar-refractivity contribution in [3.05, 3.63) is 0 Å². The fourth-order valence-corrected chi connectivity index (χ4v) is 1.38. The summed E-state index contributed by atoms with van der Waals surface area (Å²) in [6.07, 6.45) is 0. The molecular formula is C7H13N2P. The van der Waals surface area contributed by atoms with Crippen molar-refractivity contribution in [3.8, 4) is 11.8 Å². The van der Waals surface area contributed by atoms with Gasteiger partial charge in [0, 0.05) is 19.6 Å². The summed E-state index contributed by atoms with van der Waals surface area (Å²) in [4.78, 5) is 0. The van der Waals surface area contributed by atoms with E-state index in [1.807, 2.05) is 6.92 Å². The molecule has 1 aliphatic rings. The molecule has 0 saturated carbocycles. The topological polar surface area (TPSA) is 15.3 Å². The van der Waals surface area contributed by atoms with Crippen molar-refractivity contribution in [2.24, 2.45) is 0 Å². The second-order valence-electron chi connectivity index (χ2n) is 2.40. The Morgan fingerprint density at radius 1 is 1.70 bits per heavy atom. The molecule has 10 heavy (non-hydrogen) atoms. The SMILES string of the molecule is CC#CC1CN(P)CCN1. The lowest BCUT2D eigenvalue weighted by Gasteiger charge is -2.27. The average molecular weight is 156 g/mol. The zero-order chi connectivity index (χ0) is 7.40. The maximum atomic E-state index is 3.32. The minimum atomic E-state index is 0.372. The monoisotopic (exact) mass is 156 g/mol. The summed E-state index contributed by atoms with van der Waals surface area (Å²) < 4.78 is 2.21. The molecule has 1 fully saturated rings. The maximum absolute atomic E-state index is 3.32. The van der Waals surface area contributed by atoms with Crippen molar-refractivity contribution in [2.75, 3.05) is 19.6 Å². The predicted molar refractivity (Wildman–Crippen MR) is 46.5 cm³/mol. The number of nitrogens with one attached hydrogen (secondary N) is 1. The largest absolute Gasteiger partial charge is 0.301 e. The van der Waals surface area contributed by atoms with E-state index in [2.05, 4.69) is 31.2 Å². The second kappa shape index (κ2) is 3.93. The molecule has 0 radical (unpaired) electrons. The minimum Gasteiger partial charge on any atom is -0.301 e. The van der Waals surface area contributed by atoms with Crippen LogP contribution in [0, 0.1) is 11.8 Å². The molecule has 2 nitrogen and oxygen atoms in total. The molecule has 2 unspecified atom stereocenters. The van der Waals surface area contributed by atoms with E-state index in [1.165, 1.54) is 0 Å². The molecule has 0 aliphatic carbocycles. The number of rotatable bonds is 0. The van der Waals surface area contributed by atoms with E-state index in [9.17, 15) is 0 Å². The van der Waals surface area contributed by atoms with Crippen molar-refractivity contribution < 1.29 is 0 Å². The Morgan fingerprint density at radius 3 is 3.10 bits per heavy atom. The lowest BCUT2D eigenvalue weighted by atomic mass is 10.2. The Bertz CT molecular complexity index is 159. The van der Waals surface area contributed by atoms with Crippen LogP contribution in [0.5, 0.6) is 0 Å². The van der Waals surface area contributed by atoms with E-state index in [4.69, 9.17) is 0 Å². The summed E-state index contributed by atoms with van der Waals surface area (Å²) in [6.45, 7) is 5.05. The van der Waals surface area contributed by atoms with Gasteiger partial charge in [-0.2, -0.15) is 0 Å². The maximum Gasteiger partial charge on any atom is 0.0821 e. The van der Waals surface area contributed by atoms with E-state index in [0.29, 0.717) is 6.04 Å². The van der Waals surface area contributed by atoms with Gasteiger partial charge in [0.05, 0.1) is 6.04 Å². The first-order chi connectivity index (χ1) is 4.83. The lowest BCUT2D eigenvalue weighted by molar-refractivity contribution is 0.359. The number of piperazine rings is 1. The zero-order valence-corrected chi connectivity index (χ0v) is 7.38. The Hall–Kier alpha value is -0.0900. The molecule has 0 aromatic rings. The van der Waals surface area contributed by atoms with Crippen LogP contribution >= 0.6 is 9.39 Å². The highest BCUT2D eigenvalue weighted by atomic mass is 31.0. The summed E-state index contributed by atoms with van der Waals surface area (Å²) in [6, 6.07) is 0.372. The van der Waals surface area contributed by atoms with Crippen LogP contribution in [0.1, 0.15) is 6.92 Å². The highest BCUT2D eigenvalue weighted by molar-refractivity contribution is 7.13. The number of hydrogen-bond acceptors (Lipinski definition) is 2. The molecule has 0 amide bonds. The first-order valence-electron chi connectivity index (χ1n) is 3.48. The molecule has 0 aromatic heterocycles. The summed E-state index contributed by atoms with van der Waals surface area (Å²) in [7, 11) is 2.71. The van der Waals surface area contributed by atoms with Gasteiger partial charge in [0.1, 0.15) is 0 Å². The Morgan fingerprint density at radius 2 is 2.50 bits per heavy atom. The van der Waals surface area contributed by atoms with Crippen LogP contribution in [-0.2, 0) is 0 Å². The minimum absolute atomic E-state index is 0.372. The third-order valence-electron chi connectivity index (χ3n) is 1.53. The van der Waals surface area contributed by atoms with E-state index in [-0.39, 0.29) is 0 Å². The predicted octanol–water partition coefficient (Wildman–Crippen LogP) is 0.0736. The molecule has 1 aliphatic heterocycles. The van der Waals surface area contributed by atoms with Gasteiger partial charge in [-0.3, -0.25) is 4.67 Å². The van der Waals surface area contributed by atoms with Crippen molar-refractivity contribution in [1.29, 1.82) is 0 Å². The third kappa shape index (κ3) is 2.27. The molecule has 1 saturated heterocycles. The smallest absolute Gasteiger partial charge is 0.0821 e. The molecule has 3 heteroatoms. The molecular weight excluding hydrogens is 143 g/mol. The first kappa shape index (κ1) is 8.01. The van der Waals surface area contributed by atoms with Gasteiger partial charge in [0.25, 0.3) is 0 Å². The van der Waals surface area contributed by atoms with Crippen molar-refractivity contribution in [1.82, 2.24) is 9.99 Å². The van der Waals surface area contributed by atoms with Gasteiger partial charge in [-0.05, 0) is 6.92 Å². The first-order valence-corrected chi connectivity index (χ1v) is 4.00. The Balaban J connectivity index is 2.37. The van der Waals surface area contributed by atoms with Gasteiger partial charge >= 0.3 is 0 Å². The number of hydrogen-bond donors (Lipinski definition) is 1. The third-order valence-corrected chi connectivity index (χ3v) is 1.99. The molecule has 0 bridgehead atoms. The molecule has 2 atom stereocenters. The second-order valence-corrected chi connectivity index (χ2v) is 3.13. The van der Waals surface area contributed by atoms with Crippen LogP contribution in [0.3, 0.4) is 0 Å². The molecule has 56 valence electrons. The van der Waals surface area contributed by atoms with E-state index < -0.39 is 0 Å². The van der Waals surface area contributed by atoms with Gasteiger partial charge in [-0.25, -0.2) is 0 Å². The van der Waals surface area contributed by atoms with Gasteiger partial charge in [0.15, 0.2) is 0 Å². The average Bonchev–Trinajstić information content (AvgIpc) is 1.88. The van der Waals surface area contributed by atoms with Gasteiger partial charge in [0.2, 0.25) is 0 Å². The zero-order valence-electron chi connectivity index (χ0n) is 6.22. The normalized spacial score (nSPS) is 27.2. The number of nitrogens with zero attached hydrogens (tertiary/aromatic N) is 1. The van der Waals surface area contributed by atoms with Crippen LogP contribution in [0.25, 0.3) is 0 Å². The summed E-state index contributed by atoms with van der Waals surface area (Å²) in [5.41, 5.74) is 0. The van der Waals surface area contributed by atoms with Crippen LogP contribution in [0.2, 0.25) is 0 Å². The highest BCUT2D eigenvalue weighted by Crippen LogP contribution is 2.02. The van der Waals surface area contributed by atoms with Crippen LogP contribution < -0.4 is 5.32 Å². The summed E-state index contributed by atoms with van der Waals surface area (Å²) >= 11 is 0. The Labute approximate surface area is 64.6 Å². The molecule has 0 spiro atoms. The van der Waals surface area contributed by atoms with Crippen molar-refractivity contribution in [2.45, 2.75) is 13.0 Å². The van der Waals surface area contributed by atoms with Crippen molar-refractivity contribution in [3.63, 3.8) is 0 Å². The van der Waals surface area contributed by atoms with Gasteiger partial charge in [-0.1, -0.05) is 15.3 Å². The Kier molecular flexibility index (Phi) is 3.15. The van der Waals surface area contributed by atoms with Crippen LogP contribution in [0.15, 0.2) is 0 Å². The molecule has 1 heterocycles. The molecule has 1 N–H and O–H groups in total. The van der Waals surface area contributed by atoms with E-state index >= 15 is 0 Å². The summed E-state index contributed by atoms with van der Waals surface area (Å²) in [5, 5.41) is 3.32. The fraction of sp³-hybridized carbons (Fsp3) is 0.714. The van der Waals surface area contributed by atoms with Gasteiger partial charge < -0.3 is 5.32 Å². The van der Waals surface area contributed by atoms with Crippen molar-refractivity contribution >= 4 is 9.39 Å². The standard InChI is InChI=1S/C7H13N2P/c1-2-3-7-6-9(10)5-4-8-7/h7-8H,4-6,10H2,1H3. The van der Waals surface area contributed by atoms with Crippen LogP contribution in [-0.4, -0.2) is 30.3 Å². The fourth-order valence-electron chi connectivity index (χ4n) is 1.04. The summed E-state index contributed by atoms with van der Waals surface area (Å²) in [5.74, 6) is 6.01. The van der Waals surface area contributed by atoms with E-state index in [1.54, 1.807) is 0 Å². The van der Waals surface area contributed by atoms with Crippen LogP contribution in [0.4, 0.5) is 0 Å².